The van der Waals surface area contributed by atoms with Crippen LogP contribution in [0, 0.1) is 24.0 Å². The van der Waals surface area contributed by atoms with Gasteiger partial charge in [0.2, 0.25) is 10.0 Å². The number of nitrogens with zero attached hydrogens (tertiary/aromatic N) is 4. The molecule has 1 saturated heterocycles. The molecule has 1 aromatic carbocycles. The fourth-order valence-electron chi connectivity index (χ4n) is 3.54. The van der Waals surface area contributed by atoms with Gasteiger partial charge in [-0.05, 0) is 40.0 Å². The molecule has 1 fully saturated rings. The van der Waals surface area contributed by atoms with Crippen molar-refractivity contribution in [2.75, 3.05) is 38.5 Å². The van der Waals surface area contributed by atoms with Crippen LogP contribution in [0.5, 0.6) is 0 Å². The molecule has 0 amide bonds. The molecule has 3 rings (SSSR count). The lowest BCUT2D eigenvalue weighted by atomic mass is 10.1. The molecular formula is C18H25N5O5S. The monoisotopic (exact) mass is 423 g/mol. The Bertz CT molecular complexity index is 992. The van der Waals surface area contributed by atoms with Crippen LogP contribution in [0.15, 0.2) is 27.6 Å². The molecule has 1 aliphatic heterocycles. The van der Waals surface area contributed by atoms with Crippen LogP contribution in [-0.4, -0.2) is 60.9 Å². The Hall–Kier alpha value is -2.50. The number of hydrogen-bond donors (Lipinski definition) is 1. The summed E-state index contributed by atoms with van der Waals surface area (Å²) in [5, 5.41) is 18.6. The van der Waals surface area contributed by atoms with E-state index in [0.717, 1.165) is 11.6 Å². The summed E-state index contributed by atoms with van der Waals surface area (Å²) in [5.41, 5.74) is 1.45. The smallest absolute Gasteiger partial charge is 0.293 e. The second kappa shape index (κ2) is 8.09. The van der Waals surface area contributed by atoms with E-state index in [1.807, 2.05) is 18.9 Å². The molecule has 11 heteroatoms. The van der Waals surface area contributed by atoms with Crippen LogP contribution in [0.2, 0.25) is 0 Å². The molecule has 0 bridgehead atoms. The summed E-state index contributed by atoms with van der Waals surface area (Å²) in [6.07, 6.45) is 0. The Morgan fingerprint density at radius 3 is 2.45 bits per heavy atom. The van der Waals surface area contributed by atoms with Gasteiger partial charge in [-0.1, -0.05) is 5.16 Å². The van der Waals surface area contributed by atoms with Gasteiger partial charge in [0.15, 0.2) is 0 Å². The number of nitro benzene ring substituents is 1. The quantitative estimate of drug-likeness (QED) is 0.555. The molecule has 0 radical (unpaired) electrons. The van der Waals surface area contributed by atoms with E-state index in [9.17, 15) is 18.5 Å². The van der Waals surface area contributed by atoms with E-state index in [1.54, 1.807) is 13.8 Å². The van der Waals surface area contributed by atoms with Crippen LogP contribution in [0.3, 0.4) is 0 Å². The molecule has 0 spiro atoms. The lowest BCUT2D eigenvalue weighted by Crippen LogP contribution is -2.47. The van der Waals surface area contributed by atoms with Gasteiger partial charge in [0.25, 0.3) is 5.69 Å². The summed E-state index contributed by atoms with van der Waals surface area (Å²) in [4.78, 5) is 13.0. The largest absolute Gasteiger partial charge is 0.373 e. The third-order valence-electron chi connectivity index (χ3n) is 5.16. The number of piperazine rings is 1. The van der Waals surface area contributed by atoms with Gasteiger partial charge >= 0.3 is 0 Å². The summed E-state index contributed by atoms with van der Waals surface area (Å²) in [5.74, 6) is 0.624. The Kier molecular flexibility index (Phi) is 5.92. The third-order valence-corrected chi connectivity index (χ3v) is 7.05. The third kappa shape index (κ3) is 4.26. The maximum absolute atomic E-state index is 12.9. The van der Waals surface area contributed by atoms with Crippen LogP contribution in [0.4, 0.5) is 11.4 Å². The number of hydrogen-bond acceptors (Lipinski definition) is 8. The van der Waals surface area contributed by atoms with Crippen molar-refractivity contribution in [3.63, 3.8) is 0 Å². The standard InChI is InChI=1S/C18H25N5O5S/c1-12(18-13(2)20-28-14(18)3)19-16-6-5-15(11-17(16)23(24)25)29(26,27)22-9-7-21(4)8-10-22/h5-6,11-12,19H,7-10H2,1-4H3. The van der Waals surface area contributed by atoms with Gasteiger partial charge in [0.05, 0.1) is 21.6 Å². The molecule has 10 nitrogen and oxygen atoms in total. The molecular weight excluding hydrogens is 398 g/mol. The van der Waals surface area contributed by atoms with Gasteiger partial charge in [-0.15, -0.1) is 0 Å². The summed E-state index contributed by atoms with van der Waals surface area (Å²) < 4.78 is 32.4. The summed E-state index contributed by atoms with van der Waals surface area (Å²) in [6.45, 7) is 7.36. The first-order valence-electron chi connectivity index (χ1n) is 9.27. The van der Waals surface area contributed by atoms with Gasteiger partial charge in [-0.3, -0.25) is 10.1 Å². The minimum atomic E-state index is -3.79. The van der Waals surface area contributed by atoms with Crippen LogP contribution >= 0.6 is 0 Å². The number of nitrogens with one attached hydrogen (secondary N) is 1. The van der Waals surface area contributed by atoms with Gasteiger partial charge < -0.3 is 14.7 Å². The zero-order chi connectivity index (χ0) is 21.3. The molecule has 0 aliphatic carbocycles. The number of rotatable bonds is 6. The van der Waals surface area contributed by atoms with E-state index in [0.29, 0.717) is 37.6 Å². The van der Waals surface area contributed by atoms with Crippen molar-refractivity contribution in [2.24, 2.45) is 0 Å². The second-order valence-electron chi connectivity index (χ2n) is 7.25. The SMILES string of the molecule is Cc1noc(C)c1C(C)Nc1ccc(S(=O)(=O)N2CCN(C)CC2)cc1[N+](=O)[O-]. The van der Waals surface area contributed by atoms with Crippen LogP contribution in [-0.2, 0) is 10.0 Å². The average Bonchev–Trinajstić information content (AvgIpc) is 3.00. The Morgan fingerprint density at radius 1 is 1.24 bits per heavy atom. The molecule has 158 valence electrons. The Labute approximate surface area is 169 Å². The Morgan fingerprint density at radius 2 is 1.90 bits per heavy atom. The number of nitro groups is 1. The van der Waals surface area contributed by atoms with Crippen molar-refractivity contribution in [1.29, 1.82) is 0 Å². The number of anilines is 1. The highest BCUT2D eigenvalue weighted by molar-refractivity contribution is 7.89. The molecule has 0 saturated carbocycles. The fraction of sp³-hybridized carbons (Fsp3) is 0.500. The summed E-state index contributed by atoms with van der Waals surface area (Å²) in [7, 11) is -1.87. The van der Waals surface area contributed by atoms with Crippen molar-refractivity contribution in [3.05, 3.63) is 45.3 Å². The van der Waals surface area contributed by atoms with Crippen LogP contribution in [0.25, 0.3) is 0 Å². The van der Waals surface area contributed by atoms with Crippen molar-refractivity contribution in [2.45, 2.75) is 31.7 Å². The van der Waals surface area contributed by atoms with Crippen molar-refractivity contribution in [3.8, 4) is 0 Å². The number of aromatic nitrogens is 1. The number of benzene rings is 1. The predicted molar refractivity (Wildman–Crippen MR) is 107 cm³/mol. The zero-order valence-corrected chi connectivity index (χ0v) is 17.7. The topological polar surface area (TPSA) is 122 Å². The van der Waals surface area contributed by atoms with E-state index < -0.39 is 14.9 Å². The maximum atomic E-state index is 12.9. The highest BCUT2D eigenvalue weighted by Gasteiger charge is 2.30. The first-order valence-corrected chi connectivity index (χ1v) is 10.7. The van der Waals surface area contributed by atoms with Crippen LogP contribution in [0.1, 0.15) is 30.0 Å². The second-order valence-corrected chi connectivity index (χ2v) is 9.19. The zero-order valence-electron chi connectivity index (χ0n) is 16.9. The number of aryl methyl sites for hydroxylation is 2. The van der Waals surface area contributed by atoms with E-state index in [1.165, 1.54) is 16.4 Å². The lowest BCUT2D eigenvalue weighted by Gasteiger charge is -2.31. The van der Waals surface area contributed by atoms with E-state index in [2.05, 4.69) is 10.5 Å². The molecule has 29 heavy (non-hydrogen) atoms. The van der Waals surface area contributed by atoms with Gasteiger partial charge in [0, 0.05) is 37.8 Å². The summed E-state index contributed by atoms with van der Waals surface area (Å²) >= 11 is 0. The molecule has 1 N–H and O–H groups in total. The van der Waals surface area contributed by atoms with Gasteiger partial charge in [-0.25, -0.2) is 8.42 Å². The van der Waals surface area contributed by atoms with Crippen LogP contribution < -0.4 is 5.32 Å². The molecule has 1 unspecified atom stereocenters. The van der Waals surface area contributed by atoms with E-state index in [-0.39, 0.29) is 22.3 Å². The summed E-state index contributed by atoms with van der Waals surface area (Å²) in [6, 6.07) is 3.66. The van der Waals surface area contributed by atoms with E-state index >= 15 is 0 Å². The molecule has 2 aromatic rings. The minimum Gasteiger partial charge on any atom is -0.373 e. The minimum absolute atomic E-state index is 0.0794. The number of sulfonamides is 1. The van der Waals surface area contributed by atoms with Gasteiger partial charge in [0.1, 0.15) is 11.4 Å². The Balaban J connectivity index is 1.90. The first kappa shape index (κ1) is 21.2. The van der Waals surface area contributed by atoms with E-state index in [4.69, 9.17) is 4.52 Å². The molecule has 2 heterocycles. The highest BCUT2D eigenvalue weighted by Crippen LogP contribution is 2.33. The predicted octanol–water partition coefficient (Wildman–Crippen LogP) is 2.31. The average molecular weight is 423 g/mol. The molecule has 1 atom stereocenters. The number of likely N-dealkylation sites (N-methyl/N-ethyl adjacent to an activating group) is 1. The van der Waals surface area contributed by atoms with Crippen molar-refractivity contribution < 1.29 is 17.9 Å². The maximum Gasteiger partial charge on any atom is 0.293 e. The van der Waals surface area contributed by atoms with Crippen molar-refractivity contribution >= 4 is 21.4 Å². The highest BCUT2D eigenvalue weighted by atomic mass is 32.2. The first-order chi connectivity index (χ1) is 13.6. The normalized spacial score (nSPS) is 17.2. The molecule has 1 aromatic heterocycles. The molecule has 1 aliphatic rings. The van der Waals surface area contributed by atoms with Crippen molar-refractivity contribution in [1.82, 2.24) is 14.4 Å². The fourth-order valence-corrected chi connectivity index (χ4v) is 4.98. The van der Waals surface area contributed by atoms with Gasteiger partial charge in [-0.2, -0.15) is 4.31 Å². The lowest BCUT2D eigenvalue weighted by molar-refractivity contribution is -0.384.